The first kappa shape index (κ1) is 21.0. The molecule has 1 heterocycles. The van der Waals surface area contributed by atoms with Crippen molar-refractivity contribution in [3.63, 3.8) is 0 Å². The highest BCUT2D eigenvalue weighted by Crippen LogP contribution is 2.25. The van der Waals surface area contributed by atoms with Gasteiger partial charge in [-0.15, -0.1) is 24.8 Å². The van der Waals surface area contributed by atoms with Crippen LogP contribution in [0.4, 0.5) is 0 Å². The van der Waals surface area contributed by atoms with Crippen molar-refractivity contribution >= 4 is 30.7 Å². The predicted octanol–water partition coefficient (Wildman–Crippen LogP) is 2.20. The summed E-state index contributed by atoms with van der Waals surface area (Å²) in [7, 11) is 2.17. The third-order valence-electron chi connectivity index (χ3n) is 4.84. The van der Waals surface area contributed by atoms with Gasteiger partial charge < -0.3 is 16.0 Å². The number of carbonyl (C=O) groups excluding carboxylic acids is 1. The van der Waals surface area contributed by atoms with Gasteiger partial charge in [0.2, 0.25) is 5.91 Å². The lowest BCUT2D eigenvalue weighted by molar-refractivity contribution is -0.122. The van der Waals surface area contributed by atoms with Crippen molar-refractivity contribution in [2.45, 2.75) is 51.0 Å². The predicted molar refractivity (Wildman–Crippen MR) is 92.3 cm³/mol. The number of piperidine rings is 1. The summed E-state index contributed by atoms with van der Waals surface area (Å²) in [5.74, 6) is 1.28. The number of hydrogen-bond donors (Lipinski definition) is 2. The highest BCUT2D eigenvalue weighted by Gasteiger charge is 2.24. The van der Waals surface area contributed by atoms with Gasteiger partial charge in [0.05, 0.1) is 0 Å². The summed E-state index contributed by atoms with van der Waals surface area (Å²) in [5.41, 5.74) is 6.10. The molecule has 2 unspecified atom stereocenters. The molecule has 21 heavy (non-hydrogen) atoms. The molecular formula is C15H31Cl2N3O. The van der Waals surface area contributed by atoms with Crippen molar-refractivity contribution < 1.29 is 4.79 Å². The standard InChI is InChI=1S/C15H29N3O.2ClH/c1-18-8-6-12(7-9-18)11-17-15(19)10-13-4-2-3-5-14(13)16;;/h12-14H,2-11,16H2,1H3,(H,17,19);2*1H. The van der Waals surface area contributed by atoms with Crippen LogP contribution in [0.25, 0.3) is 0 Å². The zero-order valence-electron chi connectivity index (χ0n) is 13.1. The van der Waals surface area contributed by atoms with Crippen LogP contribution in [-0.4, -0.2) is 43.5 Å². The molecule has 2 aliphatic rings. The number of nitrogens with two attached hydrogens (primary N) is 1. The lowest BCUT2D eigenvalue weighted by Crippen LogP contribution is -2.40. The molecule has 1 saturated carbocycles. The maximum atomic E-state index is 12.0. The van der Waals surface area contributed by atoms with Gasteiger partial charge in [-0.3, -0.25) is 4.79 Å². The van der Waals surface area contributed by atoms with Gasteiger partial charge in [0.1, 0.15) is 0 Å². The fourth-order valence-electron chi connectivity index (χ4n) is 3.32. The number of nitrogens with one attached hydrogen (secondary N) is 1. The Hall–Kier alpha value is -0.0300. The number of nitrogens with zero attached hydrogens (tertiary/aromatic N) is 1. The first-order valence-electron chi connectivity index (χ1n) is 7.86. The summed E-state index contributed by atoms with van der Waals surface area (Å²) in [6, 6.07) is 0.239. The Balaban J connectivity index is 0.00000200. The van der Waals surface area contributed by atoms with E-state index in [-0.39, 0.29) is 36.8 Å². The molecule has 1 aliphatic heterocycles. The third kappa shape index (κ3) is 7.18. The molecule has 1 saturated heterocycles. The summed E-state index contributed by atoms with van der Waals surface area (Å²) in [4.78, 5) is 14.3. The van der Waals surface area contributed by atoms with Crippen LogP contribution in [0.3, 0.4) is 0 Å². The van der Waals surface area contributed by atoms with Crippen LogP contribution in [0.2, 0.25) is 0 Å². The van der Waals surface area contributed by atoms with Crippen LogP contribution in [0.15, 0.2) is 0 Å². The molecule has 1 amide bonds. The number of halogens is 2. The molecule has 0 aromatic rings. The summed E-state index contributed by atoms with van der Waals surface area (Å²) in [6.07, 6.45) is 7.73. The quantitative estimate of drug-likeness (QED) is 0.825. The third-order valence-corrected chi connectivity index (χ3v) is 4.84. The second-order valence-electron chi connectivity index (χ2n) is 6.46. The van der Waals surface area contributed by atoms with Crippen LogP contribution in [-0.2, 0) is 4.79 Å². The van der Waals surface area contributed by atoms with Gasteiger partial charge in [-0.05, 0) is 57.7 Å². The lowest BCUT2D eigenvalue weighted by Gasteiger charge is -2.30. The number of carbonyl (C=O) groups is 1. The zero-order valence-corrected chi connectivity index (χ0v) is 14.7. The molecule has 6 heteroatoms. The minimum atomic E-state index is 0. The number of rotatable bonds is 4. The van der Waals surface area contributed by atoms with Crippen molar-refractivity contribution in [2.75, 3.05) is 26.7 Å². The fraction of sp³-hybridized carbons (Fsp3) is 0.933. The van der Waals surface area contributed by atoms with E-state index in [9.17, 15) is 4.79 Å². The van der Waals surface area contributed by atoms with Crippen molar-refractivity contribution in [1.82, 2.24) is 10.2 Å². The van der Waals surface area contributed by atoms with Crippen molar-refractivity contribution in [3.8, 4) is 0 Å². The molecule has 0 aromatic heterocycles. The largest absolute Gasteiger partial charge is 0.356 e. The summed E-state index contributed by atoms with van der Waals surface area (Å²) in [6.45, 7) is 3.18. The van der Waals surface area contributed by atoms with E-state index in [1.807, 2.05) is 0 Å². The van der Waals surface area contributed by atoms with Crippen LogP contribution < -0.4 is 11.1 Å². The second-order valence-corrected chi connectivity index (χ2v) is 6.46. The molecule has 0 bridgehead atoms. The first-order valence-corrected chi connectivity index (χ1v) is 7.86. The molecule has 0 radical (unpaired) electrons. The molecule has 4 nitrogen and oxygen atoms in total. The Bertz CT molecular complexity index is 297. The molecule has 0 spiro atoms. The van der Waals surface area contributed by atoms with Crippen LogP contribution in [0, 0.1) is 11.8 Å². The van der Waals surface area contributed by atoms with Crippen molar-refractivity contribution in [3.05, 3.63) is 0 Å². The Labute approximate surface area is 141 Å². The molecule has 2 fully saturated rings. The Kier molecular flexibility index (Phi) is 10.6. The molecule has 3 N–H and O–H groups in total. The lowest BCUT2D eigenvalue weighted by atomic mass is 9.83. The van der Waals surface area contributed by atoms with E-state index >= 15 is 0 Å². The minimum Gasteiger partial charge on any atom is -0.356 e. The minimum absolute atomic E-state index is 0. The molecule has 2 rings (SSSR count). The molecule has 2 atom stereocenters. The van der Waals surface area contributed by atoms with Gasteiger partial charge >= 0.3 is 0 Å². The van der Waals surface area contributed by atoms with Crippen LogP contribution in [0.5, 0.6) is 0 Å². The van der Waals surface area contributed by atoms with E-state index in [2.05, 4.69) is 17.3 Å². The van der Waals surface area contributed by atoms with Crippen molar-refractivity contribution in [2.24, 2.45) is 17.6 Å². The molecule has 1 aliphatic carbocycles. The number of likely N-dealkylation sites (tertiary alicyclic amines) is 1. The van der Waals surface area contributed by atoms with E-state index in [1.54, 1.807) is 0 Å². The maximum absolute atomic E-state index is 12.0. The zero-order chi connectivity index (χ0) is 13.7. The summed E-state index contributed by atoms with van der Waals surface area (Å²) < 4.78 is 0. The van der Waals surface area contributed by atoms with Gasteiger partial charge in [-0.1, -0.05) is 12.8 Å². The summed E-state index contributed by atoms with van der Waals surface area (Å²) in [5, 5.41) is 3.12. The Morgan fingerprint density at radius 2 is 1.76 bits per heavy atom. The van der Waals surface area contributed by atoms with Gasteiger partial charge in [0, 0.05) is 19.0 Å². The van der Waals surface area contributed by atoms with E-state index in [0.717, 1.165) is 32.5 Å². The normalized spacial score (nSPS) is 27.3. The van der Waals surface area contributed by atoms with Gasteiger partial charge in [-0.25, -0.2) is 0 Å². The second kappa shape index (κ2) is 10.7. The first-order chi connectivity index (χ1) is 9.15. The van der Waals surface area contributed by atoms with E-state index in [1.165, 1.54) is 25.7 Å². The average Bonchev–Trinajstić information content (AvgIpc) is 2.41. The average molecular weight is 340 g/mol. The molecule has 0 aromatic carbocycles. The SMILES string of the molecule is CN1CCC(CNC(=O)CC2CCCCC2N)CC1.Cl.Cl. The van der Waals surface area contributed by atoms with Gasteiger partial charge in [0.25, 0.3) is 0 Å². The topological polar surface area (TPSA) is 58.4 Å². The highest BCUT2D eigenvalue weighted by molar-refractivity contribution is 5.85. The van der Waals surface area contributed by atoms with Gasteiger partial charge in [0.15, 0.2) is 0 Å². The fourth-order valence-corrected chi connectivity index (χ4v) is 3.32. The van der Waals surface area contributed by atoms with Gasteiger partial charge in [-0.2, -0.15) is 0 Å². The smallest absolute Gasteiger partial charge is 0.220 e. The van der Waals surface area contributed by atoms with Crippen LogP contribution >= 0.6 is 24.8 Å². The molecular weight excluding hydrogens is 309 g/mol. The maximum Gasteiger partial charge on any atom is 0.220 e. The molecule has 126 valence electrons. The monoisotopic (exact) mass is 339 g/mol. The van der Waals surface area contributed by atoms with E-state index < -0.39 is 0 Å². The Morgan fingerprint density at radius 1 is 1.14 bits per heavy atom. The van der Waals surface area contributed by atoms with Crippen LogP contribution in [0.1, 0.15) is 44.9 Å². The highest BCUT2D eigenvalue weighted by atomic mass is 35.5. The van der Waals surface area contributed by atoms with E-state index in [0.29, 0.717) is 18.3 Å². The number of amides is 1. The van der Waals surface area contributed by atoms with E-state index in [4.69, 9.17) is 5.73 Å². The van der Waals surface area contributed by atoms with Crippen molar-refractivity contribution in [1.29, 1.82) is 0 Å². The summed E-state index contributed by atoms with van der Waals surface area (Å²) >= 11 is 0. The number of hydrogen-bond acceptors (Lipinski definition) is 3. The Morgan fingerprint density at radius 3 is 2.38 bits per heavy atom.